The topological polar surface area (TPSA) is 34.6 Å². The van der Waals surface area contributed by atoms with E-state index in [1.165, 1.54) is 0 Å². The number of aromatic nitrogens is 1. The van der Waals surface area contributed by atoms with Gasteiger partial charge >= 0.3 is 0 Å². The molecule has 0 aromatic carbocycles. The summed E-state index contributed by atoms with van der Waals surface area (Å²) in [6.45, 7) is 7.62. The Labute approximate surface area is 115 Å². The summed E-state index contributed by atoms with van der Waals surface area (Å²) in [5, 5.41) is 0. The predicted octanol–water partition coefficient (Wildman–Crippen LogP) is 3.00. The molecule has 0 N–H and O–H groups in total. The van der Waals surface area contributed by atoms with Gasteiger partial charge in [-0.1, -0.05) is 13.8 Å². The van der Waals surface area contributed by atoms with Gasteiger partial charge in [-0.25, -0.2) is 4.98 Å². The molecule has 0 atom stereocenters. The van der Waals surface area contributed by atoms with Crippen molar-refractivity contribution in [2.45, 2.75) is 26.7 Å². The minimum Gasteiger partial charge on any atom is -0.444 e. The van der Waals surface area contributed by atoms with Gasteiger partial charge in [0.15, 0.2) is 0 Å². The van der Waals surface area contributed by atoms with Crippen LogP contribution in [0.25, 0.3) is 0 Å². The molecule has 19 heavy (non-hydrogen) atoms. The minimum absolute atomic E-state index is 0.672. The Kier molecular flexibility index (Phi) is 5.21. The smallest absolute Gasteiger partial charge is 0.220 e. The number of pyridine rings is 1. The zero-order valence-electron chi connectivity index (χ0n) is 11.8. The van der Waals surface area contributed by atoms with Gasteiger partial charge in [0.2, 0.25) is 5.88 Å². The summed E-state index contributed by atoms with van der Waals surface area (Å²) in [6.07, 6.45) is 5.77. The highest BCUT2D eigenvalue weighted by Gasteiger charge is 2.12. The average molecular weight is 262 g/mol. The second kappa shape index (κ2) is 7.14. The normalized spacial score (nSPS) is 16.5. The van der Waals surface area contributed by atoms with Crippen LogP contribution in [0.4, 0.5) is 5.69 Å². The standard InChI is InChI=1S/C15H22N2O2/c1-3-5-14(4-2)19-15-12-13(6-7-16-15)17-8-10-18-11-9-17/h5-7,12H,3-4,8-11H2,1-2H3. The fourth-order valence-corrected chi connectivity index (χ4v) is 2.09. The van der Waals surface area contributed by atoms with Crippen LogP contribution in [0.3, 0.4) is 0 Å². The van der Waals surface area contributed by atoms with Crippen LogP contribution in [0.15, 0.2) is 30.2 Å². The zero-order valence-corrected chi connectivity index (χ0v) is 11.8. The first-order valence-electron chi connectivity index (χ1n) is 6.99. The third-order valence-electron chi connectivity index (χ3n) is 3.11. The third kappa shape index (κ3) is 3.96. The molecule has 0 saturated carbocycles. The molecule has 0 unspecified atom stereocenters. The fourth-order valence-electron chi connectivity index (χ4n) is 2.09. The van der Waals surface area contributed by atoms with Crippen molar-refractivity contribution in [2.24, 2.45) is 0 Å². The van der Waals surface area contributed by atoms with Crippen molar-refractivity contribution in [1.29, 1.82) is 0 Å². The van der Waals surface area contributed by atoms with Crippen molar-refractivity contribution in [1.82, 2.24) is 4.98 Å². The Morgan fingerprint density at radius 1 is 1.42 bits per heavy atom. The van der Waals surface area contributed by atoms with Crippen molar-refractivity contribution >= 4 is 5.69 Å². The van der Waals surface area contributed by atoms with Gasteiger partial charge < -0.3 is 14.4 Å². The summed E-state index contributed by atoms with van der Waals surface area (Å²) >= 11 is 0. The van der Waals surface area contributed by atoms with Crippen molar-refractivity contribution in [3.05, 3.63) is 30.2 Å². The van der Waals surface area contributed by atoms with E-state index in [1.807, 2.05) is 12.1 Å². The van der Waals surface area contributed by atoms with E-state index in [9.17, 15) is 0 Å². The fraction of sp³-hybridized carbons (Fsp3) is 0.533. The second-order valence-electron chi connectivity index (χ2n) is 4.49. The van der Waals surface area contributed by atoms with Gasteiger partial charge in [0.05, 0.1) is 13.2 Å². The number of nitrogens with zero attached hydrogens (tertiary/aromatic N) is 2. The number of hydrogen-bond acceptors (Lipinski definition) is 4. The van der Waals surface area contributed by atoms with Crippen molar-refractivity contribution in [3.63, 3.8) is 0 Å². The molecule has 1 aromatic rings. The largest absolute Gasteiger partial charge is 0.444 e. The first-order valence-corrected chi connectivity index (χ1v) is 6.99. The summed E-state index contributed by atoms with van der Waals surface area (Å²) in [4.78, 5) is 6.58. The van der Waals surface area contributed by atoms with E-state index in [0.717, 1.165) is 50.6 Å². The van der Waals surface area contributed by atoms with Gasteiger partial charge in [0.1, 0.15) is 5.76 Å². The molecule has 1 aromatic heterocycles. The van der Waals surface area contributed by atoms with Gasteiger partial charge in [0.25, 0.3) is 0 Å². The maximum absolute atomic E-state index is 5.83. The molecule has 104 valence electrons. The van der Waals surface area contributed by atoms with Crippen molar-refractivity contribution < 1.29 is 9.47 Å². The second-order valence-corrected chi connectivity index (χ2v) is 4.49. The Morgan fingerprint density at radius 3 is 2.89 bits per heavy atom. The molecule has 4 nitrogen and oxygen atoms in total. The SMILES string of the molecule is CCC=C(CC)Oc1cc(N2CCOCC2)ccn1. The number of allylic oxidation sites excluding steroid dienone is 2. The van der Waals surface area contributed by atoms with Crippen molar-refractivity contribution in [3.8, 4) is 5.88 Å². The number of ether oxygens (including phenoxy) is 2. The van der Waals surface area contributed by atoms with Crippen LogP contribution < -0.4 is 9.64 Å². The van der Waals surface area contributed by atoms with Crippen LogP contribution in [0.2, 0.25) is 0 Å². The molecule has 1 fully saturated rings. The Balaban J connectivity index is 2.07. The van der Waals surface area contributed by atoms with Gasteiger partial charge in [-0.2, -0.15) is 0 Å². The summed E-state index contributed by atoms with van der Waals surface area (Å²) in [5.74, 6) is 1.65. The molecule has 1 aliphatic rings. The Hall–Kier alpha value is -1.55. The zero-order chi connectivity index (χ0) is 13.5. The average Bonchev–Trinajstić information content (AvgIpc) is 2.48. The third-order valence-corrected chi connectivity index (χ3v) is 3.11. The van der Waals surface area contributed by atoms with Crippen LogP contribution in [0, 0.1) is 0 Å². The molecule has 0 amide bonds. The summed E-state index contributed by atoms with van der Waals surface area (Å²) in [6, 6.07) is 4.03. The quantitative estimate of drug-likeness (QED) is 0.764. The predicted molar refractivity (Wildman–Crippen MR) is 76.6 cm³/mol. The lowest BCUT2D eigenvalue weighted by molar-refractivity contribution is 0.122. The summed E-state index contributed by atoms with van der Waals surface area (Å²) in [7, 11) is 0. The van der Waals surface area contributed by atoms with E-state index in [2.05, 4.69) is 29.8 Å². The first kappa shape index (κ1) is 13.9. The highest BCUT2D eigenvalue weighted by molar-refractivity contribution is 5.48. The maximum Gasteiger partial charge on any atom is 0.220 e. The van der Waals surface area contributed by atoms with E-state index in [4.69, 9.17) is 9.47 Å². The van der Waals surface area contributed by atoms with E-state index in [0.29, 0.717) is 5.88 Å². The van der Waals surface area contributed by atoms with Crippen molar-refractivity contribution in [2.75, 3.05) is 31.2 Å². The van der Waals surface area contributed by atoms with Gasteiger partial charge in [0, 0.05) is 37.5 Å². The highest BCUT2D eigenvalue weighted by Crippen LogP contribution is 2.21. The van der Waals surface area contributed by atoms with Crippen LogP contribution in [-0.4, -0.2) is 31.3 Å². The Bertz CT molecular complexity index is 426. The van der Waals surface area contributed by atoms with Gasteiger partial charge in [-0.05, 0) is 18.6 Å². The van der Waals surface area contributed by atoms with Crippen LogP contribution >= 0.6 is 0 Å². The van der Waals surface area contributed by atoms with E-state index in [1.54, 1.807) is 6.20 Å². The monoisotopic (exact) mass is 262 g/mol. The van der Waals surface area contributed by atoms with E-state index < -0.39 is 0 Å². The lowest BCUT2D eigenvalue weighted by Crippen LogP contribution is -2.36. The molecule has 1 saturated heterocycles. The molecule has 0 bridgehead atoms. The van der Waals surface area contributed by atoms with E-state index in [-0.39, 0.29) is 0 Å². The molecule has 4 heteroatoms. The lowest BCUT2D eigenvalue weighted by Gasteiger charge is -2.28. The van der Waals surface area contributed by atoms with Crippen LogP contribution in [0.1, 0.15) is 26.7 Å². The number of anilines is 1. The Morgan fingerprint density at radius 2 is 2.21 bits per heavy atom. The van der Waals surface area contributed by atoms with Crippen LogP contribution in [0.5, 0.6) is 5.88 Å². The highest BCUT2D eigenvalue weighted by atomic mass is 16.5. The van der Waals surface area contributed by atoms with E-state index >= 15 is 0 Å². The number of morpholine rings is 1. The molecule has 0 radical (unpaired) electrons. The molecular formula is C15H22N2O2. The molecule has 1 aliphatic heterocycles. The van der Waals surface area contributed by atoms with Gasteiger partial charge in [-0.3, -0.25) is 0 Å². The molecule has 2 rings (SSSR count). The summed E-state index contributed by atoms with van der Waals surface area (Å²) in [5.41, 5.74) is 1.15. The number of hydrogen-bond donors (Lipinski definition) is 0. The maximum atomic E-state index is 5.83. The molecule has 2 heterocycles. The lowest BCUT2D eigenvalue weighted by atomic mass is 10.3. The minimum atomic E-state index is 0.672. The van der Waals surface area contributed by atoms with Gasteiger partial charge in [-0.15, -0.1) is 0 Å². The molecule has 0 aliphatic carbocycles. The summed E-state index contributed by atoms with van der Waals surface area (Å²) < 4.78 is 11.2. The molecular weight excluding hydrogens is 240 g/mol. The van der Waals surface area contributed by atoms with Crippen LogP contribution in [-0.2, 0) is 4.74 Å². The molecule has 0 spiro atoms. The first-order chi connectivity index (χ1) is 9.33. The number of rotatable bonds is 5.